The van der Waals surface area contributed by atoms with Crippen molar-refractivity contribution in [2.45, 2.75) is 13.3 Å². The molecule has 1 amide bonds. The smallest absolute Gasteiger partial charge is 0.236 e. The van der Waals surface area contributed by atoms with Crippen LogP contribution < -0.4 is 10.7 Å². The number of hydrazine groups is 1. The zero-order valence-electron chi connectivity index (χ0n) is 10.4. The summed E-state index contributed by atoms with van der Waals surface area (Å²) in [7, 11) is 0. The highest BCUT2D eigenvalue weighted by atomic mass is 16.2. The standard InChI is InChI=1S/C13H17N3O2/c1-2-7-14-13(18)9-16-8-12(17)10-5-3-4-6-11(10)15-16/h3-6,15H,2,7-9H2,1H3,(H,14,18). The van der Waals surface area contributed by atoms with Crippen LogP contribution in [0.1, 0.15) is 23.7 Å². The number of fused-ring (bicyclic) bond motifs is 1. The van der Waals surface area contributed by atoms with Crippen molar-refractivity contribution in [1.82, 2.24) is 10.3 Å². The minimum Gasteiger partial charge on any atom is -0.355 e. The fraction of sp³-hybridized carbons (Fsp3) is 0.385. The number of nitrogens with one attached hydrogen (secondary N) is 2. The van der Waals surface area contributed by atoms with Crippen molar-refractivity contribution < 1.29 is 9.59 Å². The van der Waals surface area contributed by atoms with Crippen LogP contribution in [0.3, 0.4) is 0 Å². The van der Waals surface area contributed by atoms with Crippen molar-refractivity contribution in [3.05, 3.63) is 29.8 Å². The van der Waals surface area contributed by atoms with Gasteiger partial charge in [-0.1, -0.05) is 19.1 Å². The summed E-state index contributed by atoms with van der Waals surface area (Å²) in [6.45, 7) is 3.06. The molecule has 5 heteroatoms. The van der Waals surface area contributed by atoms with Gasteiger partial charge in [0.25, 0.3) is 0 Å². The maximum Gasteiger partial charge on any atom is 0.236 e. The molecule has 5 nitrogen and oxygen atoms in total. The number of hydrogen-bond acceptors (Lipinski definition) is 4. The van der Waals surface area contributed by atoms with Gasteiger partial charge in [-0.05, 0) is 18.6 Å². The van der Waals surface area contributed by atoms with Crippen LogP contribution in [0.5, 0.6) is 0 Å². The minimum absolute atomic E-state index is 0.0349. The number of anilines is 1. The number of benzene rings is 1. The molecule has 0 aliphatic carbocycles. The first-order valence-electron chi connectivity index (χ1n) is 6.11. The van der Waals surface area contributed by atoms with Crippen molar-refractivity contribution in [2.75, 3.05) is 25.1 Å². The summed E-state index contributed by atoms with van der Waals surface area (Å²) in [5, 5.41) is 4.42. The molecule has 0 saturated carbocycles. The molecule has 1 aliphatic heterocycles. The summed E-state index contributed by atoms with van der Waals surface area (Å²) in [4.78, 5) is 23.5. The van der Waals surface area contributed by atoms with Gasteiger partial charge in [0, 0.05) is 12.1 Å². The molecule has 18 heavy (non-hydrogen) atoms. The summed E-state index contributed by atoms with van der Waals surface area (Å²) in [5.41, 5.74) is 4.53. The Morgan fingerprint density at radius 1 is 1.44 bits per heavy atom. The third kappa shape index (κ3) is 2.87. The second-order valence-electron chi connectivity index (χ2n) is 4.29. The van der Waals surface area contributed by atoms with E-state index in [1.807, 2.05) is 25.1 Å². The predicted molar refractivity (Wildman–Crippen MR) is 69.3 cm³/mol. The Balaban J connectivity index is 1.98. The Kier molecular flexibility index (Phi) is 3.94. The SMILES string of the molecule is CCCNC(=O)CN1CC(=O)c2ccccc2N1. The van der Waals surface area contributed by atoms with Gasteiger partial charge in [0.05, 0.1) is 18.8 Å². The van der Waals surface area contributed by atoms with Crippen molar-refractivity contribution in [3.8, 4) is 0 Å². The molecule has 0 unspecified atom stereocenters. The molecular weight excluding hydrogens is 230 g/mol. The number of rotatable bonds is 4. The maximum atomic E-state index is 11.9. The Morgan fingerprint density at radius 3 is 3.00 bits per heavy atom. The maximum absolute atomic E-state index is 11.9. The van der Waals surface area contributed by atoms with E-state index in [-0.39, 0.29) is 24.8 Å². The molecule has 2 N–H and O–H groups in total. The topological polar surface area (TPSA) is 61.4 Å². The van der Waals surface area contributed by atoms with Gasteiger partial charge in [0.1, 0.15) is 0 Å². The quantitative estimate of drug-likeness (QED) is 0.834. The fourth-order valence-electron chi connectivity index (χ4n) is 1.88. The molecule has 1 heterocycles. The van der Waals surface area contributed by atoms with Gasteiger partial charge in [-0.2, -0.15) is 0 Å². The first-order valence-corrected chi connectivity index (χ1v) is 6.11. The van der Waals surface area contributed by atoms with Crippen LogP contribution in [-0.4, -0.2) is 36.3 Å². The van der Waals surface area contributed by atoms with Crippen LogP contribution in [0.25, 0.3) is 0 Å². The Morgan fingerprint density at radius 2 is 2.22 bits per heavy atom. The number of para-hydroxylation sites is 1. The molecule has 2 rings (SSSR count). The van der Waals surface area contributed by atoms with E-state index in [2.05, 4.69) is 10.7 Å². The van der Waals surface area contributed by atoms with E-state index < -0.39 is 0 Å². The molecule has 0 fully saturated rings. The number of carbonyl (C=O) groups is 2. The predicted octanol–water partition coefficient (Wildman–Crippen LogP) is 1.04. The van der Waals surface area contributed by atoms with E-state index in [4.69, 9.17) is 0 Å². The van der Waals surface area contributed by atoms with Gasteiger partial charge in [-0.25, -0.2) is 5.01 Å². The Labute approximate surface area is 106 Å². The molecule has 0 aromatic heterocycles. The Bertz CT molecular complexity index is 459. The first kappa shape index (κ1) is 12.6. The molecule has 0 spiro atoms. The van der Waals surface area contributed by atoms with Gasteiger partial charge >= 0.3 is 0 Å². The highest BCUT2D eigenvalue weighted by Gasteiger charge is 2.23. The molecule has 96 valence electrons. The third-order valence-electron chi connectivity index (χ3n) is 2.75. The van der Waals surface area contributed by atoms with E-state index in [0.29, 0.717) is 12.1 Å². The van der Waals surface area contributed by atoms with Gasteiger partial charge < -0.3 is 10.7 Å². The van der Waals surface area contributed by atoms with Gasteiger partial charge in [-0.15, -0.1) is 0 Å². The summed E-state index contributed by atoms with van der Waals surface area (Å²) in [6, 6.07) is 7.32. The second kappa shape index (κ2) is 5.64. The zero-order chi connectivity index (χ0) is 13.0. The number of ketones is 1. The van der Waals surface area contributed by atoms with Crippen LogP contribution in [-0.2, 0) is 4.79 Å². The number of amides is 1. The lowest BCUT2D eigenvalue weighted by Crippen LogP contribution is -2.45. The number of nitrogens with zero attached hydrogens (tertiary/aromatic N) is 1. The minimum atomic E-state index is -0.0727. The lowest BCUT2D eigenvalue weighted by atomic mass is 10.1. The fourth-order valence-corrected chi connectivity index (χ4v) is 1.88. The number of carbonyl (C=O) groups excluding carboxylic acids is 2. The zero-order valence-corrected chi connectivity index (χ0v) is 10.4. The molecule has 0 radical (unpaired) electrons. The van der Waals surface area contributed by atoms with E-state index >= 15 is 0 Å². The molecule has 0 atom stereocenters. The molecule has 1 aromatic rings. The normalized spacial score (nSPS) is 14.8. The molecule has 0 bridgehead atoms. The molecule has 0 saturated heterocycles. The van der Waals surface area contributed by atoms with Crippen LogP contribution in [0.4, 0.5) is 5.69 Å². The van der Waals surface area contributed by atoms with E-state index in [1.54, 1.807) is 11.1 Å². The van der Waals surface area contributed by atoms with Gasteiger partial charge in [0.2, 0.25) is 5.91 Å². The van der Waals surface area contributed by atoms with Crippen LogP contribution in [0.2, 0.25) is 0 Å². The summed E-state index contributed by atoms with van der Waals surface area (Å²) < 4.78 is 0. The lowest BCUT2D eigenvalue weighted by Gasteiger charge is -2.28. The largest absolute Gasteiger partial charge is 0.355 e. The van der Waals surface area contributed by atoms with Crippen LogP contribution >= 0.6 is 0 Å². The summed E-state index contributed by atoms with van der Waals surface area (Å²) >= 11 is 0. The van der Waals surface area contributed by atoms with Crippen molar-refractivity contribution in [3.63, 3.8) is 0 Å². The van der Waals surface area contributed by atoms with E-state index in [9.17, 15) is 9.59 Å². The van der Waals surface area contributed by atoms with Gasteiger partial charge in [0.15, 0.2) is 5.78 Å². The summed E-state index contributed by atoms with van der Waals surface area (Å²) in [5.74, 6) is -0.0378. The van der Waals surface area contributed by atoms with E-state index in [0.717, 1.165) is 12.1 Å². The summed E-state index contributed by atoms with van der Waals surface area (Å²) in [6.07, 6.45) is 0.904. The number of hydrogen-bond donors (Lipinski definition) is 2. The van der Waals surface area contributed by atoms with Gasteiger partial charge in [-0.3, -0.25) is 9.59 Å². The molecule has 1 aliphatic rings. The van der Waals surface area contributed by atoms with Crippen molar-refractivity contribution >= 4 is 17.4 Å². The number of Topliss-reactive ketones (excluding diaryl/α,β-unsaturated/α-hetero) is 1. The van der Waals surface area contributed by atoms with Crippen LogP contribution in [0.15, 0.2) is 24.3 Å². The van der Waals surface area contributed by atoms with Crippen LogP contribution in [0, 0.1) is 0 Å². The van der Waals surface area contributed by atoms with Crippen molar-refractivity contribution in [1.29, 1.82) is 0 Å². The average molecular weight is 247 g/mol. The second-order valence-corrected chi connectivity index (χ2v) is 4.29. The molecule has 1 aromatic carbocycles. The monoisotopic (exact) mass is 247 g/mol. The van der Waals surface area contributed by atoms with E-state index in [1.165, 1.54) is 0 Å². The highest BCUT2D eigenvalue weighted by molar-refractivity contribution is 6.04. The highest BCUT2D eigenvalue weighted by Crippen LogP contribution is 2.20. The van der Waals surface area contributed by atoms with Crippen molar-refractivity contribution in [2.24, 2.45) is 0 Å². The lowest BCUT2D eigenvalue weighted by molar-refractivity contribution is -0.121. The molecular formula is C13H17N3O2. The third-order valence-corrected chi connectivity index (χ3v) is 2.75. The Hall–Kier alpha value is -1.88. The average Bonchev–Trinajstić information content (AvgIpc) is 2.36. The first-order chi connectivity index (χ1) is 8.70.